The van der Waals surface area contributed by atoms with Crippen LogP contribution in [0.15, 0.2) is 24.3 Å². The monoisotopic (exact) mass is 267 g/mol. The van der Waals surface area contributed by atoms with Crippen molar-refractivity contribution in [3.05, 3.63) is 29.8 Å². The van der Waals surface area contributed by atoms with E-state index in [9.17, 15) is 4.79 Å². The Morgan fingerprint density at radius 3 is 2.89 bits per heavy atom. The molecule has 1 rings (SSSR count). The fourth-order valence-electron chi connectivity index (χ4n) is 1.43. The number of hydrogen-bond donors (Lipinski definition) is 3. The number of amides is 1. The van der Waals surface area contributed by atoms with Gasteiger partial charge in [0.2, 0.25) is 5.91 Å². The van der Waals surface area contributed by atoms with Crippen molar-refractivity contribution in [2.24, 2.45) is 5.73 Å². The van der Waals surface area contributed by atoms with E-state index in [1.165, 1.54) is 0 Å². The van der Waals surface area contributed by atoms with Crippen molar-refractivity contribution in [2.45, 2.75) is 13.0 Å². The highest BCUT2D eigenvalue weighted by molar-refractivity contribution is 7.80. The Morgan fingerprint density at radius 1 is 1.56 bits per heavy atom. The largest absolute Gasteiger partial charge is 0.383 e. The highest BCUT2D eigenvalue weighted by Crippen LogP contribution is 2.10. The first kappa shape index (κ1) is 14.4. The first-order valence-corrected chi connectivity index (χ1v) is 5.90. The first-order valence-electron chi connectivity index (χ1n) is 5.49. The van der Waals surface area contributed by atoms with Crippen LogP contribution in [-0.2, 0) is 4.74 Å². The number of carbonyl (C=O) groups is 1. The van der Waals surface area contributed by atoms with E-state index in [2.05, 4.69) is 10.6 Å². The van der Waals surface area contributed by atoms with E-state index in [1.807, 2.05) is 6.92 Å². The molecular formula is C12H17N3O2S. The topological polar surface area (TPSA) is 76.4 Å². The maximum absolute atomic E-state index is 11.0. The van der Waals surface area contributed by atoms with E-state index in [0.29, 0.717) is 23.0 Å². The van der Waals surface area contributed by atoms with Gasteiger partial charge in [-0.15, -0.1) is 0 Å². The van der Waals surface area contributed by atoms with Gasteiger partial charge in [0.05, 0.1) is 6.61 Å². The van der Waals surface area contributed by atoms with Crippen LogP contribution in [0.2, 0.25) is 0 Å². The standard InChI is InChI=1S/C12H17N3O2S/c1-8(7-17-2)14-12(18)15-10-5-3-4-9(6-10)11(13)16/h3-6,8H,7H2,1-2H3,(H2,13,16)(H2,14,15,18). The van der Waals surface area contributed by atoms with Gasteiger partial charge in [-0.2, -0.15) is 0 Å². The molecule has 0 fully saturated rings. The van der Waals surface area contributed by atoms with Gasteiger partial charge in [-0.25, -0.2) is 0 Å². The van der Waals surface area contributed by atoms with E-state index in [4.69, 9.17) is 22.7 Å². The molecule has 1 amide bonds. The van der Waals surface area contributed by atoms with E-state index in [-0.39, 0.29) is 6.04 Å². The Kier molecular flexibility index (Phi) is 5.54. The van der Waals surface area contributed by atoms with E-state index < -0.39 is 5.91 Å². The second-order valence-electron chi connectivity index (χ2n) is 3.90. The third-order valence-electron chi connectivity index (χ3n) is 2.20. The molecule has 0 saturated heterocycles. The summed E-state index contributed by atoms with van der Waals surface area (Å²) < 4.78 is 4.99. The number of ether oxygens (including phenoxy) is 1. The summed E-state index contributed by atoms with van der Waals surface area (Å²) in [5, 5.41) is 6.51. The zero-order valence-electron chi connectivity index (χ0n) is 10.4. The molecule has 5 nitrogen and oxygen atoms in total. The summed E-state index contributed by atoms with van der Waals surface area (Å²) >= 11 is 5.14. The molecule has 1 aromatic carbocycles. The van der Waals surface area contributed by atoms with Crippen LogP contribution in [0, 0.1) is 0 Å². The Hall–Kier alpha value is -1.66. The number of primary amides is 1. The normalized spacial score (nSPS) is 11.7. The van der Waals surface area contributed by atoms with Crippen molar-refractivity contribution < 1.29 is 9.53 Å². The Bertz CT molecular complexity index is 437. The van der Waals surface area contributed by atoms with Crippen molar-refractivity contribution in [1.29, 1.82) is 0 Å². The maximum atomic E-state index is 11.0. The molecule has 18 heavy (non-hydrogen) atoms. The summed E-state index contributed by atoms with van der Waals surface area (Å²) in [5.41, 5.74) is 6.36. The Morgan fingerprint density at radius 2 is 2.28 bits per heavy atom. The zero-order valence-corrected chi connectivity index (χ0v) is 11.2. The van der Waals surface area contributed by atoms with Gasteiger partial charge in [-0.05, 0) is 37.3 Å². The summed E-state index contributed by atoms with van der Waals surface area (Å²) in [7, 11) is 1.63. The lowest BCUT2D eigenvalue weighted by Crippen LogP contribution is -2.38. The predicted octanol–water partition coefficient (Wildman–Crippen LogP) is 1.11. The number of anilines is 1. The SMILES string of the molecule is COCC(C)NC(=S)Nc1cccc(C(N)=O)c1. The van der Waals surface area contributed by atoms with E-state index in [1.54, 1.807) is 31.4 Å². The van der Waals surface area contributed by atoms with E-state index in [0.717, 1.165) is 0 Å². The number of nitrogens with one attached hydrogen (secondary N) is 2. The van der Waals surface area contributed by atoms with Crippen molar-refractivity contribution in [3.63, 3.8) is 0 Å². The Labute approximate surface area is 112 Å². The fraction of sp³-hybridized carbons (Fsp3) is 0.333. The lowest BCUT2D eigenvalue weighted by molar-refractivity contribution is 0.100. The lowest BCUT2D eigenvalue weighted by Gasteiger charge is -2.16. The average molecular weight is 267 g/mol. The molecular weight excluding hydrogens is 250 g/mol. The van der Waals surface area contributed by atoms with Crippen molar-refractivity contribution in [1.82, 2.24) is 5.32 Å². The van der Waals surface area contributed by atoms with Gasteiger partial charge in [-0.1, -0.05) is 6.07 Å². The molecule has 98 valence electrons. The number of thiocarbonyl (C=S) groups is 1. The van der Waals surface area contributed by atoms with Crippen LogP contribution in [0.4, 0.5) is 5.69 Å². The zero-order chi connectivity index (χ0) is 13.5. The molecule has 0 aromatic heterocycles. The molecule has 0 spiro atoms. The minimum Gasteiger partial charge on any atom is -0.383 e. The third kappa shape index (κ3) is 4.68. The molecule has 0 aliphatic carbocycles. The molecule has 0 radical (unpaired) electrons. The average Bonchev–Trinajstić information content (AvgIpc) is 2.29. The third-order valence-corrected chi connectivity index (χ3v) is 2.42. The van der Waals surface area contributed by atoms with Crippen LogP contribution >= 0.6 is 12.2 Å². The molecule has 4 N–H and O–H groups in total. The molecule has 0 heterocycles. The minimum atomic E-state index is -0.467. The highest BCUT2D eigenvalue weighted by atomic mass is 32.1. The molecule has 6 heteroatoms. The molecule has 0 aliphatic rings. The highest BCUT2D eigenvalue weighted by Gasteiger charge is 2.05. The smallest absolute Gasteiger partial charge is 0.248 e. The molecule has 1 aromatic rings. The number of benzene rings is 1. The van der Waals surface area contributed by atoms with Crippen LogP contribution < -0.4 is 16.4 Å². The van der Waals surface area contributed by atoms with Crippen LogP contribution in [0.1, 0.15) is 17.3 Å². The molecule has 0 bridgehead atoms. The van der Waals surface area contributed by atoms with Crippen LogP contribution in [0.5, 0.6) is 0 Å². The van der Waals surface area contributed by atoms with Crippen LogP contribution in [0.3, 0.4) is 0 Å². The maximum Gasteiger partial charge on any atom is 0.248 e. The van der Waals surface area contributed by atoms with Gasteiger partial charge in [0.25, 0.3) is 0 Å². The number of rotatable bonds is 5. The number of methoxy groups -OCH3 is 1. The van der Waals surface area contributed by atoms with Crippen molar-refractivity contribution >= 4 is 28.9 Å². The first-order chi connectivity index (χ1) is 8.52. The quantitative estimate of drug-likeness (QED) is 0.697. The van der Waals surface area contributed by atoms with Crippen LogP contribution in [0.25, 0.3) is 0 Å². The number of hydrogen-bond acceptors (Lipinski definition) is 3. The van der Waals surface area contributed by atoms with Gasteiger partial charge in [0, 0.05) is 24.4 Å². The summed E-state index contributed by atoms with van der Waals surface area (Å²) in [6.07, 6.45) is 0. The van der Waals surface area contributed by atoms with Crippen LogP contribution in [-0.4, -0.2) is 30.8 Å². The van der Waals surface area contributed by atoms with Crippen molar-refractivity contribution in [2.75, 3.05) is 19.0 Å². The van der Waals surface area contributed by atoms with Gasteiger partial charge in [0.1, 0.15) is 0 Å². The van der Waals surface area contributed by atoms with Gasteiger partial charge in [-0.3, -0.25) is 4.79 Å². The minimum absolute atomic E-state index is 0.106. The second-order valence-corrected chi connectivity index (χ2v) is 4.31. The lowest BCUT2D eigenvalue weighted by atomic mass is 10.2. The fourth-order valence-corrected chi connectivity index (χ4v) is 1.75. The molecule has 0 aliphatic heterocycles. The molecule has 0 saturated carbocycles. The summed E-state index contributed by atoms with van der Waals surface area (Å²) in [6, 6.07) is 6.95. The Balaban J connectivity index is 2.59. The summed E-state index contributed by atoms with van der Waals surface area (Å²) in [5.74, 6) is -0.467. The van der Waals surface area contributed by atoms with Crippen molar-refractivity contribution in [3.8, 4) is 0 Å². The molecule has 1 atom stereocenters. The summed E-state index contributed by atoms with van der Waals surface area (Å²) in [4.78, 5) is 11.0. The van der Waals surface area contributed by atoms with Gasteiger partial charge in [0.15, 0.2) is 5.11 Å². The molecule has 1 unspecified atom stereocenters. The predicted molar refractivity (Wildman–Crippen MR) is 75.7 cm³/mol. The van der Waals surface area contributed by atoms with Gasteiger partial charge < -0.3 is 21.1 Å². The number of nitrogens with two attached hydrogens (primary N) is 1. The van der Waals surface area contributed by atoms with Gasteiger partial charge >= 0.3 is 0 Å². The van der Waals surface area contributed by atoms with E-state index >= 15 is 0 Å². The number of carbonyl (C=O) groups excluding carboxylic acids is 1. The second kappa shape index (κ2) is 6.93. The summed E-state index contributed by atoms with van der Waals surface area (Å²) in [6.45, 7) is 2.51.